The number of thiazole rings is 1. The minimum absolute atomic E-state index is 0.257. The predicted molar refractivity (Wildman–Crippen MR) is 60.4 cm³/mol. The molecule has 2 heterocycles. The van der Waals surface area contributed by atoms with Crippen LogP contribution >= 0.6 is 11.3 Å². The standard InChI is InChI=1S/C10H11N3O2S/c1-5-4-16-10(11-5)13-7(3)8(9(14)15)6(2)12-13/h4H,1-3H3,(H,14,15). The highest BCUT2D eigenvalue weighted by molar-refractivity contribution is 7.12. The maximum Gasteiger partial charge on any atom is 0.339 e. The van der Waals surface area contributed by atoms with Gasteiger partial charge in [0.05, 0.1) is 17.1 Å². The van der Waals surface area contributed by atoms with Gasteiger partial charge in [-0.15, -0.1) is 11.3 Å². The number of carbonyl (C=O) groups is 1. The van der Waals surface area contributed by atoms with Gasteiger partial charge in [0.1, 0.15) is 5.56 Å². The molecule has 0 fully saturated rings. The second-order valence-corrected chi connectivity index (χ2v) is 4.37. The summed E-state index contributed by atoms with van der Waals surface area (Å²) in [5, 5.41) is 15.8. The Kier molecular flexibility index (Phi) is 2.51. The van der Waals surface area contributed by atoms with Gasteiger partial charge in [-0.05, 0) is 20.8 Å². The molecule has 0 atom stereocenters. The van der Waals surface area contributed by atoms with E-state index in [-0.39, 0.29) is 5.56 Å². The molecule has 2 aromatic rings. The molecular formula is C10H11N3O2S. The Balaban J connectivity index is 2.59. The lowest BCUT2D eigenvalue weighted by Gasteiger charge is -1.98. The van der Waals surface area contributed by atoms with Crippen LogP contribution in [0.2, 0.25) is 0 Å². The minimum Gasteiger partial charge on any atom is -0.478 e. The fourth-order valence-electron chi connectivity index (χ4n) is 1.58. The van der Waals surface area contributed by atoms with Crippen LogP contribution in [0.4, 0.5) is 0 Å². The van der Waals surface area contributed by atoms with Gasteiger partial charge in [-0.1, -0.05) is 0 Å². The van der Waals surface area contributed by atoms with Crippen molar-refractivity contribution in [1.82, 2.24) is 14.8 Å². The van der Waals surface area contributed by atoms with Crippen molar-refractivity contribution in [3.63, 3.8) is 0 Å². The van der Waals surface area contributed by atoms with E-state index in [0.29, 0.717) is 16.5 Å². The number of aromatic carboxylic acids is 1. The fourth-order valence-corrected chi connectivity index (χ4v) is 2.38. The summed E-state index contributed by atoms with van der Waals surface area (Å²) in [6, 6.07) is 0. The topological polar surface area (TPSA) is 68.0 Å². The SMILES string of the molecule is Cc1csc(-n2nc(C)c(C(=O)O)c2C)n1. The highest BCUT2D eigenvalue weighted by Gasteiger charge is 2.19. The molecule has 0 aliphatic carbocycles. The average molecular weight is 237 g/mol. The Morgan fingerprint density at radius 2 is 2.12 bits per heavy atom. The number of rotatable bonds is 2. The Morgan fingerprint density at radius 1 is 1.44 bits per heavy atom. The molecule has 0 saturated heterocycles. The third-order valence-electron chi connectivity index (χ3n) is 2.29. The number of hydrogen-bond acceptors (Lipinski definition) is 4. The van der Waals surface area contributed by atoms with E-state index in [1.54, 1.807) is 18.5 Å². The monoisotopic (exact) mass is 237 g/mol. The summed E-state index contributed by atoms with van der Waals surface area (Å²) in [6.45, 7) is 5.32. The molecule has 5 nitrogen and oxygen atoms in total. The molecule has 16 heavy (non-hydrogen) atoms. The molecule has 0 radical (unpaired) electrons. The molecule has 0 unspecified atom stereocenters. The van der Waals surface area contributed by atoms with Crippen molar-refractivity contribution in [2.24, 2.45) is 0 Å². The maximum atomic E-state index is 11.0. The molecular weight excluding hydrogens is 226 g/mol. The Labute approximate surface area is 96.4 Å². The second kappa shape index (κ2) is 3.71. The average Bonchev–Trinajstić information content (AvgIpc) is 2.70. The van der Waals surface area contributed by atoms with E-state index in [9.17, 15) is 4.79 Å². The van der Waals surface area contributed by atoms with Crippen molar-refractivity contribution >= 4 is 17.3 Å². The summed E-state index contributed by atoms with van der Waals surface area (Å²) in [7, 11) is 0. The van der Waals surface area contributed by atoms with E-state index in [1.807, 2.05) is 12.3 Å². The van der Waals surface area contributed by atoms with E-state index in [0.717, 1.165) is 5.69 Å². The highest BCUT2D eigenvalue weighted by atomic mass is 32.1. The molecule has 84 valence electrons. The van der Waals surface area contributed by atoms with Crippen molar-refractivity contribution in [2.75, 3.05) is 0 Å². The van der Waals surface area contributed by atoms with Crippen LogP contribution in [0.5, 0.6) is 0 Å². The molecule has 0 saturated carbocycles. The van der Waals surface area contributed by atoms with Crippen molar-refractivity contribution < 1.29 is 9.90 Å². The van der Waals surface area contributed by atoms with E-state index < -0.39 is 5.97 Å². The van der Waals surface area contributed by atoms with Crippen LogP contribution in [0.15, 0.2) is 5.38 Å². The quantitative estimate of drug-likeness (QED) is 0.866. The summed E-state index contributed by atoms with van der Waals surface area (Å²) in [4.78, 5) is 15.3. The number of carboxylic acid groups (broad SMARTS) is 1. The summed E-state index contributed by atoms with van der Waals surface area (Å²) < 4.78 is 1.58. The molecule has 0 aliphatic heterocycles. The van der Waals surface area contributed by atoms with Crippen molar-refractivity contribution in [3.8, 4) is 5.13 Å². The van der Waals surface area contributed by atoms with Gasteiger partial charge in [0.15, 0.2) is 0 Å². The first-order chi connectivity index (χ1) is 7.50. The van der Waals surface area contributed by atoms with Crippen molar-refractivity contribution in [3.05, 3.63) is 28.0 Å². The van der Waals surface area contributed by atoms with Gasteiger partial charge < -0.3 is 5.11 Å². The maximum absolute atomic E-state index is 11.0. The zero-order valence-electron chi connectivity index (χ0n) is 9.18. The molecule has 1 N–H and O–H groups in total. The smallest absolute Gasteiger partial charge is 0.339 e. The number of hydrogen-bond donors (Lipinski definition) is 1. The number of nitrogens with zero attached hydrogens (tertiary/aromatic N) is 3. The Hall–Kier alpha value is -1.69. The van der Waals surface area contributed by atoms with Gasteiger partial charge in [-0.3, -0.25) is 0 Å². The number of aryl methyl sites for hydroxylation is 2. The first-order valence-corrected chi connectivity index (χ1v) is 5.60. The van der Waals surface area contributed by atoms with Gasteiger partial charge in [-0.25, -0.2) is 14.5 Å². The number of carboxylic acids is 1. The van der Waals surface area contributed by atoms with Crippen LogP contribution in [0, 0.1) is 20.8 Å². The molecule has 0 spiro atoms. The van der Waals surface area contributed by atoms with E-state index in [1.165, 1.54) is 11.3 Å². The van der Waals surface area contributed by atoms with Crippen LogP contribution in [-0.2, 0) is 0 Å². The Bertz CT molecular complexity index is 556. The number of aromatic nitrogens is 3. The lowest BCUT2D eigenvalue weighted by Crippen LogP contribution is -2.02. The summed E-state index contributed by atoms with van der Waals surface area (Å²) in [5.74, 6) is -0.950. The first kappa shape index (κ1) is 10.8. The van der Waals surface area contributed by atoms with Crippen LogP contribution in [-0.4, -0.2) is 25.8 Å². The van der Waals surface area contributed by atoms with E-state index in [4.69, 9.17) is 5.11 Å². The summed E-state index contributed by atoms with van der Waals surface area (Å²) in [5.41, 5.74) is 2.29. The molecule has 2 rings (SSSR count). The third-order valence-corrected chi connectivity index (χ3v) is 3.23. The van der Waals surface area contributed by atoms with Crippen LogP contribution in [0.25, 0.3) is 5.13 Å². The molecule has 0 amide bonds. The molecule has 0 aliphatic rings. The van der Waals surface area contributed by atoms with Crippen molar-refractivity contribution in [1.29, 1.82) is 0 Å². The van der Waals surface area contributed by atoms with Gasteiger partial charge in [-0.2, -0.15) is 5.10 Å². The fraction of sp³-hybridized carbons (Fsp3) is 0.300. The van der Waals surface area contributed by atoms with Crippen LogP contribution in [0.3, 0.4) is 0 Å². The first-order valence-electron chi connectivity index (χ1n) is 4.72. The second-order valence-electron chi connectivity index (χ2n) is 3.53. The van der Waals surface area contributed by atoms with E-state index >= 15 is 0 Å². The lowest BCUT2D eigenvalue weighted by molar-refractivity contribution is 0.0695. The molecule has 2 aromatic heterocycles. The van der Waals surface area contributed by atoms with Gasteiger partial charge in [0.2, 0.25) is 5.13 Å². The van der Waals surface area contributed by atoms with E-state index in [2.05, 4.69) is 10.1 Å². The Morgan fingerprint density at radius 3 is 2.56 bits per heavy atom. The van der Waals surface area contributed by atoms with Gasteiger partial charge in [0.25, 0.3) is 0 Å². The van der Waals surface area contributed by atoms with Crippen LogP contribution < -0.4 is 0 Å². The van der Waals surface area contributed by atoms with Gasteiger partial charge in [0, 0.05) is 5.38 Å². The summed E-state index contributed by atoms with van der Waals surface area (Å²) in [6.07, 6.45) is 0. The zero-order chi connectivity index (χ0) is 11.9. The largest absolute Gasteiger partial charge is 0.478 e. The molecule has 0 bridgehead atoms. The lowest BCUT2D eigenvalue weighted by atomic mass is 10.2. The normalized spacial score (nSPS) is 10.7. The van der Waals surface area contributed by atoms with Crippen molar-refractivity contribution in [2.45, 2.75) is 20.8 Å². The predicted octanol–water partition coefficient (Wildman–Crippen LogP) is 1.95. The highest BCUT2D eigenvalue weighted by Crippen LogP contribution is 2.20. The summed E-state index contributed by atoms with van der Waals surface area (Å²) >= 11 is 1.45. The third kappa shape index (κ3) is 1.61. The van der Waals surface area contributed by atoms with Gasteiger partial charge >= 0.3 is 5.97 Å². The molecule has 6 heteroatoms. The van der Waals surface area contributed by atoms with Crippen LogP contribution in [0.1, 0.15) is 27.4 Å². The minimum atomic E-state index is -0.950. The molecule has 0 aromatic carbocycles. The zero-order valence-corrected chi connectivity index (χ0v) is 10.00.